The summed E-state index contributed by atoms with van der Waals surface area (Å²) in [6.07, 6.45) is 1.04. The molecule has 0 spiro atoms. The molecule has 4 heteroatoms. The fraction of sp³-hybridized carbons (Fsp3) is 0.889. The third-order valence-corrected chi connectivity index (χ3v) is 2.59. The van der Waals surface area contributed by atoms with Crippen LogP contribution in [-0.4, -0.2) is 41.4 Å². The number of nitriles is 1. The number of hydrogen-bond donors (Lipinski definition) is 1. The number of alkyl halides is 1. The van der Waals surface area contributed by atoms with Gasteiger partial charge in [0.1, 0.15) is 5.67 Å². The van der Waals surface area contributed by atoms with Gasteiger partial charge in [-0.25, -0.2) is 4.39 Å². The van der Waals surface area contributed by atoms with Crippen molar-refractivity contribution >= 4 is 0 Å². The highest BCUT2D eigenvalue weighted by atomic mass is 19.1. The Morgan fingerprint density at radius 3 is 2.85 bits per heavy atom. The third-order valence-electron chi connectivity index (χ3n) is 2.59. The average molecular weight is 186 g/mol. The lowest BCUT2D eigenvalue weighted by molar-refractivity contribution is 0.0747. The normalized spacial score (nSPS) is 31.5. The molecular weight excluding hydrogens is 171 g/mol. The average Bonchev–Trinajstić information content (AvgIpc) is 2.52. The molecule has 0 saturated carbocycles. The van der Waals surface area contributed by atoms with E-state index >= 15 is 0 Å². The molecule has 0 aliphatic carbocycles. The molecule has 13 heavy (non-hydrogen) atoms. The van der Waals surface area contributed by atoms with Crippen molar-refractivity contribution in [1.82, 2.24) is 4.90 Å². The molecule has 0 aromatic carbocycles. The van der Waals surface area contributed by atoms with Crippen molar-refractivity contribution in [1.29, 1.82) is 5.26 Å². The SMILES string of the molecule is CCC(C#N)N1CCC(F)(CO)C1. The van der Waals surface area contributed by atoms with Crippen LogP contribution < -0.4 is 0 Å². The number of aliphatic hydroxyl groups excluding tert-OH is 1. The topological polar surface area (TPSA) is 47.3 Å². The van der Waals surface area contributed by atoms with Crippen LogP contribution in [0.25, 0.3) is 0 Å². The molecule has 0 aromatic heterocycles. The van der Waals surface area contributed by atoms with Gasteiger partial charge < -0.3 is 5.11 Å². The van der Waals surface area contributed by atoms with Gasteiger partial charge in [0, 0.05) is 13.1 Å². The molecule has 1 aliphatic rings. The molecule has 1 aliphatic heterocycles. The molecule has 0 radical (unpaired) electrons. The van der Waals surface area contributed by atoms with Crippen molar-refractivity contribution < 1.29 is 9.50 Å². The molecule has 1 rings (SSSR count). The minimum absolute atomic E-state index is 0.190. The fourth-order valence-electron chi connectivity index (χ4n) is 1.69. The Hall–Kier alpha value is -0.660. The molecule has 2 atom stereocenters. The third kappa shape index (κ3) is 2.17. The van der Waals surface area contributed by atoms with E-state index in [2.05, 4.69) is 6.07 Å². The summed E-state index contributed by atoms with van der Waals surface area (Å²) in [5, 5.41) is 17.5. The second-order valence-corrected chi connectivity index (χ2v) is 3.58. The second-order valence-electron chi connectivity index (χ2n) is 3.58. The first-order valence-corrected chi connectivity index (χ1v) is 4.58. The Kier molecular flexibility index (Phi) is 3.23. The highest BCUT2D eigenvalue weighted by Crippen LogP contribution is 2.26. The first kappa shape index (κ1) is 10.4. The van der Waals surface area contributed by atoms with Crippen LogP contribution in [0, 0.1) is 11.3 Å². The zero-order valence-corrected chi connectivity index (χ0v) is 7.83. The predicted octanol–water partition coefficient (Wildman–Crippen LogP) is 0.695. The van der Waals surface area contributed by atoms with E-state index < -0.39 is 12.3 Å². The summed E-state index contributed by atoms with van der Waals surface area (Å²) in [4.78, 5) is 1.80. The van der Waals surface area contributed by atoms with E-state index in [1.807, 2.05) is 6.92 Å². The van der Waals surface area contributed by atoms with Gasteiger partial charge >= 0.3 is 0 Å². The van der Waals surface area contributed by atoms with E-state index in [-0.39, 0.29) is 12.6 Å². The van der Waals surface area contributed by atoms with Gasteiger partial charge in [-0.1, -0.05) is 6.92 Å². The Labute approximate surface area is 77.8 Å². The van der Waals surface area contributed by atoms with Crippen LogP contribution in [0.5, 0.6) is 0 Å². The highest BCUT2D eigenvalue weighted by Gasteiger charge is 2.39. The van der Waals surface area contributed by atoms with E-state index in [1.54, 1.807) is 4.90 Å². The maximum Gasteiger partial charge on any atom is 0.147 e. The summed E-state index contributed by atoms with van der Waals surface area (Å²) in [5.41, 5.74) is -1.48. The van der Waals surface area contributed by atoms with Gasteiger partial charge in [0.05, 0.1) is 18.7 Å². The molecule has 1 saturated heterocycles. The van der Waals surface area contributed by atoms with Crippen molar-refractivity contribution in [3.63, 3.8) is 0 Å². The van der Waals surface area contributed by atoms with Crippen molar-refractivity contribution in [2.24, 2.45) is 0 Å². The number of nitrogens with zero attached hydrogens (tertiary/aromatic N) is 2. The zero-order chi connectivity index (χ0) is 9.90. The van der Waals surface area contributed by atoms with Gasteiger partial charge in [-0.05, 0) is 12.8 Å². The minimum atomic E-state index is -1.48. The molecule has 3 nitrogen and oxygen atoms in total. The quantitative estimate of drug-likeness (QED) is 0.705. The zero-order valence-electron chi connectivity index (χ0n) is 7.83. The molecule has 74 valence electrons. The summed E-state index contributed by atoms with van der Waals surface area (Å²) in [7, 11) is 0. The Morgan fingerprint density at radius 1 is 1.77 bits per heavy atom. The Bertz CT molecular complexity index is 216. The van der Waals surface area contributed by atoms with Crippen LogP contribution >= 0.6 is 0 Å². The number of aliphatic hydroxyl groups is 1. The lowest BCUT2D eigenvalue weighted by Gasteiger charge is -2.21. The first-order valence-electron chi connectivity index (χ1n) is 4.58. The van der Waals surface area contributed by atoms with Gasteiger partial charge in [0.25, 0.3) is 0 Å². The highest BCUT2D eigenvalue weighted by molar-refractivity contribution is 4.99. The van der Waals surface area contributed by atoms with E-state index in [1.165, 1.54) is 0 Å². The molecule has 1 fully saturated rings. The van der Waals surface area contributed by atoms with Gasteiger partial charge in [-0.15, -0.1) is 0 Å². The molecule has 0 aromatic rings. The van der Waals surface area contributed by atoms with Gasteiger partial charge in [0.2, 0.25) is 0 Å². The summed E-state index contributed by atoms with van der Waals surface area (Å²) < 4.78 is 13.5. The van der Waals surface area contributed by atoms with Crippen LogP contribution in [0.2, 0.25) is 0 Å². The fourth-order valence-corrected chi connectivity index (χ4v) is 1.69. The Balaban J connectivity index is 2.54. The predicted molar refractivity (Wildman–Crippen MR) is 46.8 cm³/mol. The number of halogens is 1. The van der Waals surface area contributed by atoms with E-state index in [4.69, 9.17) is 10.4 Å². The van der Waals surface area contributed by atoms with E-state index in [0.717, 1.165) is 0 Å². The van der Waals surface area contributed by atoms with Gasteiger partial charge in [0.15, 0.2) is 0 Å². The maximum atomic E-state index is 13.5. The van der Waals surface area contributed by atoms with Crippen LogP contribution in [0.1, 0.15) is 19.8 Å². The van der Waals surface area contributed by atoms with Gasteiger partial charge in [-0.2, -0.15) is 5.26 Å². The van der Waals surface area contributed by atoms with Crippen molar-refractivity contribution in [3.05, 3.63) is 0 Å². The standard InChI is InChI=1S/C9H15FN2O/c1-2-8(5-11)12-4-3-9(10,6-12)7-13/h8,13H,2-4,6-7H2,1H3. The van der Waals surface area contributed by atoms with Crippen LogP contribution in [0.3, 0.4) is 0 Å². The molecule has 0 bridgehead atoms. The monoisotopic (exact) mass is 186 g/mol. The molecule has 2 unspecified atom stereocenters. The molecular formula is C9H15FN2O. The van der Waals surface area contributed by atoms with Crippen molar-refractivity contribution in [2.75, 3.05) is 19.7 Å². The number of rotatable bonds is 3. The summed E-state index contributed by atoms with van der Waals surface area (Å²) in [5.74, 6) is 0. The smallest absolute Gasteiger partial charge is 0.147 e. The summed E-state index contributed by atoms with van der Waals surface area (Å²) in [6.45, 7) is 2.23. The largest absolute Gasteiger partial charge is 0.393 e. The second kappa shape index (κ2) is 4.03. The number of likely N-dealkylation sites (tertiary alicyclic amines) is 1. The van der Waals surface area contributed by atoms with Crippen molar-refractivity contribution in [3.8, 4) is 6.07 Å². The van der Waals surface area contributed by atoms with E-state index in [0.29, 0.717) is 19.4 Å². The lowest BCUT2D eigenvalue weighted by atomic mass is 10.1. The molecule has 1 N–H and O–H groups in total. The van der Waals surface area contributed by atoms with Gasteiger partial charge in [-0.3, -0.25) is 4.90 Å². The maximum absolute atomic E-state index is 13.5. The van der Waals surface area contributed by atoms with Crippen LogP contribution in [-0.2, 0) is 0 Å². The van der Waals surface area contributed by atoms with Crippen LogP contribution in [0.4, 0.5) is 4.39 Å². The molecule has 1 heterocycles. The van der Waals surface area contributed by atoms with E-state index in [9.17, 15) is 4.39 Å². The lowest BCUT2D eigenvalue weighted by Crippen LogP contribution is -2.37. The Morgan fingerprint density at radius 2 is 2.46 bits per heavy atom. The first-order chi connectivity index (χ1) is 6.15. The summed E-state index contributed by atoms with van der Waals surface area (Å²) >= 11 is 0. The van der Waals surface area contributed by atoms with Crippen molar-refractivity contribution in [2.45, 2.75) is 31.5 Å². The minimum Gasteiger partial charge on any atom is -0.393 e. The van der Waals surface area contributed by atoms with Crippen LogP contribution in [0.15, 0.2) is 0 Å². The molecule has 0 amide bonds. The summed E-state index contributed by atoms with van der Waals surface area (Å²) in [6, 6.07) is 1.93. The number of hydrogen-bond acceptors (Lipinski definition) is 3.